The molecule has 4 nitrogen and oxygen atoms in total. The normalized spacial score (nSPS) is 25.6. The summed E-state index contributed by atoms with van der Waals surface area (Å²) in [6.45, 7) is 3.61. The molecule has 0 aromatic heterocycles. The van der Waals surface area contributed by atoms with E-state index in [-0.39, 0.29) is 6.04 Å². The van der Waals surface area contributed by atoms with Gasteiger partial charge in [-0.25, -0.2) is 0 Å². The van der Waals surface area contributed by atoms with Crippen LogP contribution in [0, 0.1) is 5.92 Å². The molecule has 0 radical (unpaired) electrons. The van der Waals surface area contributed by atoms with Crippen LogP contribution in [-0.2, 0) is 4.79 Å². The van der Waals surface area contributed by atoms with E-state index in [0.717, 1.165) is 32.6 Å². The summed E-state index contributed by atoms with van der Waals surface area (Å²) in [5, 5.41) is 12.7. The van der Waals surface area contributed by atoms with E-state index < -0.39 is 5.97 Å². The van der Waals surface area contributed by atoms with Crippen LogP contribution in [0.3, 0.4) is 0 Å². The Labute approximate surface area is 103 Å². The minimum atomic E-state index is -0.627. The highest BCUT2D eigenvalue weighted by molar-refractivity contribution is 5.73. The van der Waals surface area contributed by atoms with Gasteiger partial charge < -0.3 is 10.4 Å². The highest BCUT2D eigenvalue weighted by Crippen LogP contribution is 2.28. The third-order valence-corrected chi connectivity index (χ3v) is 4.16. The molecule has 2 rings (SSSR count). The average molecular weight is 240 g/mol. The fraction of sp³-hybridized carbons (Fsp3) is 0.923. The summed E-state index contributed by atoms with van der Waals surface area (Å²) in [6, 6.07) is -0.250. The molecular weight excluding hydrogens is 216 g/mol. The van der Waals surface area contributed by atoms with Gasteiger partial charge in [0.2, 0.25) is 0 Å². The number of nitrogens with zero attached hydrogens (tertiary/aromatic N) is 1. The maximum Gasteiger partial charge on any atom is 0.320 e. The second kappa shape index (κ2) is 6.36. The van der Waals surface area contributed by atoms with Crippen LogP contribution < -0.4 is 5.32 Å². The third-order valence-electron chi connectivity index (χ3n) is 4.16. The van der Waals surface area contributed by atoms with Crippen LogP contribution >= 0.6 is 0 Å². The molecule has 0 amide bonds. The first-order valence-corrected chi connectivity index (χ1v) is 6.95. The Bertz CT molecular complexity index is 246. The predicted octanol–water partition coefficient (Wildman–Crippen LogP) is 1.32. The van der Waals surface area contributed by atoms with Crippen molar-refractivity contribution in [3.8, 4) is 0 Å². The number of nitrogens with one attached hydrogen (secondary N) is 1. The minimum Gasteiger partial charge on any atom is -0.480 e. The standard InChI is InChI=1S/C13H24N2O2/c16-13(17)12(15-8-6-14-7-9-15)10-11-4-2-1-3-5-11/h11-12,14H,1-10H2,(H,16,17). The van der Waals surface area contributed by atoms with Gasteiger partial charge in [-0.2, -0.15) is 0 Å². The molecule has 1 saturated heterocycles. The van der Waals surface area contributed by atoms with Crippen molar-refractivity contribution >= 4 is 5.97 Å². The lowest BCUT2D eigenvalue weighted by Gasteiger charge is -2.35. The van der Waals surface area contributed by atoms with Gasteiger partial charge in [0.05, 0.1) is 0 Å². The van der Waals surface area contributed by atoms with E-state index in [4.69, 9.17) is 0 Å². The van der Waals surface area contributed by atoms with Crippen LogP contribution in [-0.4, -0.2) is 48.2 Å². The van der Waals surface area contributed by atoms with Crippen molar-refractivity contribution in [2.45, 2.75) is 44.6 Å². The summed E-state index contributed by atoms with van der Waals surface area (Å²) >= 11 is 0. The quantitative estimate of drug-likeness (QED) is 0.778. The van der Waals surface area contributed by atoms with Crippen molar-refractivity contribution in [2.24, 2.45) is 5.92 Å². The highest BCUT2D eigenvalue weighted by Gasteiger charge is 2.29. The molecule has 1 heterocycles. The molecule has 0 aromatic rings. The summed E-state index contributed by atoms with van der Waals surface area (Å²) in [5.41, 5.74) is 0. The van der Waals surface area contributed by atoms with Crippen LogP contribution in [0.5, 0.6) is 0 Å². The van der Waals surface area contributed by atoms with Gasteiger partial charge in [0.1, 0.15) is 6.04 Å². The largest absolute Gasteiger partial charge is 0.480 e. The molecule has 1 unspecified atom stereocenters. The van der Waals surface area contributed by atoms with Gasteiger partial charge in [0.15, 0.2) is 0 Å². The predicted molar refractivity (Wildman–Crippen MR) is 67.1 cm³/mol. The highest BCUT2D eigenvalue weighted by atomic mass is 16.4. The smallest absolute Gasteiger partial charge is 0.320 e. The summed E-state index contributed by atoms with van der Waals surface area (Å²) < 4.78 is 0. The SMILES string of the molecule is O=C(O)C(CC1CCCCC1)N1CCNCC1. The number of carboxylic acids is 1. The van der Waals surface area contributed by atoms with Gasteiger partial charge in [-0.15, -0.1) is 0 Å². The van der Waals surface area contributed by atoms with E-state index in [0.29, 0.717) is 5.92 Å². The Morgan fingerprint density at radius 3 is 2.47 bits per heavy atom. The maximum atomic E-state index is 11.4. The van der Waals surface area contributed by atoms with E-state index >= 15 is 0 Å². The monoisotopic (exact) mass is 240 g/mol. The Kier molecular flexibility index (Phi) is 4.80. The van der Waals surface area contributed by atoms with Crippen LogP contribution in [0.1, 0.15) is 38.5 Å². The number of hydrogen-bond donors (Lipinski definition) is 2. The lowest BCUT2D eigenvalue weighted by atomic mass is 9.84. The number of hydrogen-bond acceptors (Lipinski definition) is 3. The Balaban J connectivity index is 1.88. The van der Waals surface area contributed by atoms with E-state index in [1.807, 2.05) is 0 Å². The molecule has 4 heteroatoms. The summed E-state index contributed by atoms with van der Waals surface area (Å²) in [6.07, 6.45) is 7.24. The molecular formula is C13H24N2O2. The molecule has 1 atom stereocenters. The minimum absolute atomic E-state index is 0.250. The second-order valence-electron chi connectivity index (χ2n) is 5.38. The van der Waals surface area contributed by atoms with E-state index in [1.54, 1.807) is 0 Å². The van der Waals surface area contributed by atoms with Crippen molar-refractivity contribution in [3.63, 3.8) is 0 Å². The van der Waals surface area contributed by atoms with Crippen molar-refractivity contribution in [3.05, 3.63) is 0 Å². The van der Waals surface area contributed by atoms with Crippen LogP contribution in [0.25, 0.3) is 0 Å². The molecule has 1 aliphatic heterocycles. The number of carboxylic acid groups (broad SMARTS) is 1. The van der Waals surface area contributed by atoms with Gasteiger partial charge >= 0.3 is 5.97 Å². The molecule has 0 spiro atoms. The first-order chi connectivity index (χ1) is 8.27. The van der Waals surface area contributed by atoms with E-state index in [9.17, 15) is 9.90 Å². The molecule has 1 saturated carbocycles. The average Bonchev–Trinajstić information content (AvgIpc) is 2.38. The van der Waals surface area contributed by atoms with Crippen LogP contribution in [0.4, 0.5) is 0 Å². The molecule has 2 N–H and O–H groups in total. The molecule has 98 valence electrons. The number of rotatable bonds is 4. The number of piperazine rings is 1. The zero-order chi connectivity index (χ0) is 12.1. The molecule has 2 fully saturated rings. The molecule has 0 bridgehead atoms. The molecule has 17 heavy (non-hydrogen) atoms. The van der Waals surface area contributed by atoms with Crippen molar-refractivity contribution in [1.82, 2.24) is 10.2 Å². The van der Waals surface area contributed by atoms with Gasteiger partial charge in [-0.05, 0) is 12.3 Å². The number of aliphatic carboxylic acids is 1. The fourth-order valence-corrected chi connectivity index (χ4v) is 3.14. The summed E-state index contributed by atoms with van der Waals surface area (Å²) in [4.78, 5) is 13.6. The van der Waals surface area contributed by atoms with Crippen LogP contribution in [0.15, 0.2) is 0 Å². The van der Waals surface area contributed by atoms with Gasteiger partial charge in [-0.3, -0.25) is 9.69 Å². The summed E-state index contributed by atoms with van der Waals surface area (Å²) in [7, 11) is 0. The lowest BCUT2D eigenvalue weighted by Crippen LogP contribution is -2.51. The lowest BCUT2D eigenvalue weighted by molar-refractivity contribution is -0.144. The third kappa shape index (κ3) is 3.68. The zero-order valence-electron chi connectivity index (χ0n) is 10.5. The Morgan fingerprint density at radius 1 is 1.24 bits per heavy atom. The van der Waals surface area contributed by atoms with Gasteiger partial charge in [0.25, 0.3) is 0 Å². The van der Waals surface area contributed by atoms with E-state index in [1.165, 1.54) is 32.1 Å². The molecule has 1 aliphatic carbocycles. The second-order valence-corrected chi connectivity index (χ2v) is 5.38. The van der Waals surface area contributed by atoms with Gasteiger partial charge in [-0.1, -0.05) is 32.1 Å². The first-order valence-electron chi connectivity index (χ1n) is 6.95. The Morgan fingerprint density at radius 2 is 1.88 bits per heavy atom. The van der Waals surface area contributed by atoms with E-state index in [2.05, 4.69) is 10.2 Å². The van der Waals surface area contributed by atoms with Crippen LogP contribution in [0.2, 0.25) is 0 Å². The fourth-order valence-electron chi connectivity index (χ4n) is 3.14. The number of carbonyl (C=O) groups is 1. The van der Waals surface area contributed by atoms with Crippen molar-refractivity contribution in [2.75, 3.05) is 26.2 Å². The van der Waals surface area contributed by atoms with Crippen molar-refractivity contribution < 1.29 is 9.90 Å². The van der Waals surface area contributed by atoms with Gasteiger partial charge in [0, 0.05) is 26.2 Å². The van der Waals surface area contributed by atoms with Crippen molar-refractivity contribution in [1.29, 1.82) is 0 Å². The topological polar surface area (TPSA) is 52.6 Å². The molecule has 2 aliphatic rings. The maximum absolute atomic E-state index is 11.4. The first kappa shape index (κ1) is 12.8. The Hall–Kier alpha value is -0.610. The zero-order valence-corrected chi connectivity index (χ0v) is 10.5. The summed E-state index contributed by atoms with van der Waals surface area (Å²) in [5.74, 6) is 0.0113. The molecule has 0 aromatic carbocycles.